The van der Waals surface area contributed by atoms with Gasteiger partial charge in [0.25, 0.3) is 11.6 Å². The van der Waals surface area contributed by atoms with Crippen LogP contribution in [0.2, 0.25) is 5.02 Å². The zero-order valence-electron chi connectivity index (χ0n) is 15.0. The van der Waals surface area contributed by atoms with Crippen molar-refractivity contribution in [1.29, 1.82) is 0 Å². The Labute approximate surface area is 160 Å². The molecule has 10 nitrogen and oxygen atoms in total. The summed E-state index contributed by atoms with van der Waals surface area (Å²) in [6, 6.07) is 3.73. The van der Waals surface area contributed by atoms with E-state index in [1.165, 1.54) is 12.1 Å². The van der Waals surface area contributed by atoms with Crippen LogP contribution >= 0.6 is 11.6 Å². The number of carbonyl (C=O) groups is 3. The zero-order valence-corrected chi connectivity index (χ0v) is 15.8. The predicted molar refractivity (Wildman–Crippen MR) is 96.5 cm³/mol. The number of carbonyl (C=O) groups excluding carboxylic acids is 3. The maximum absolute atomic E-state index is 11.8. The largest absolute Gasteiger partial charge is 0.456 e. The summed E-state index contributed by atoms with van der Waals surface area (Å²) in [6.45, 7) is 4.43. The van der Waals surface area contributed by atoms with Gasteiger partial charge in [-0.3, -0.25) is 19.7 Å². The first kappa shape index (κ1) is 22.2. The van der Waals surface area contributed by atoms with E-state index >= 15 is 0 Å². The molecule has 0 heterocycles. The molecule has 0 atom stereocenters. The molecule has 2 amide bonds. The van der Waals surface area contributed by atoms with Crippen LogP contribution in [0.15, 0.2) is 18.2 Å². The van der Waals surface area contributed by atoms with Crippen molar-refractivity contribution in [3.63, 3.8) is 0 Å². The molecule has 0 bridgehead atoms. The predicted octanol–water partition coefficient (Wildman–Crippen LogP) is 2.64. The molecule has 0 aliphatic heterocycles. The van der Waals surface area contributed by atoms with Gasteiger partial charge >= 0.3 is 12.1 Å². The fourth-order valence-electron chi connectivity index (χ4n) is 1.75. The maximum atomic E-state index is 11.8. The Balaban J connectivity index is 2.39. The zero-order chi connectivity index (χ0) is 20.6. The lowest BCUT2D eigenvalue weighted by Gasteiger charge is -2.19. The first-order valence-electron chi connectivity index (χ1n) is 7.84. The van der Waals surface area contributed by atoms with Gasteiger partial charge in [0.2, 0.25) is 0 Å². The number of nitro benzene ring substituents is 1. The molecule has 1 rings (SSSR count). The first-order chi connectivity index (χ1) is 12.5. The third kappa shape index (κ3) is 8.86. The fraction of sp³-hybridized carbons (Fsp3) is 0.438. The van der Waals surface area contributed by atoms with Crippen LogP contribution < -0.4 is 10.6 Å². The smallest absolute Gasteiger partial charge is 0.407 e. The Bertz CT molecular complexity index is 731. The van der Waals surface area contributed by atoms with Crippen molar-refractivity contribution >= 4 is 40.9 Å². The van der Waals surface area contributed by atoms with Crippen molar-refractivity contribution in [1.82, 2.24) is 5.32 Å². The van der Waals surface area contributed by atoms with Crippen molar-refractivity contribution in [3.8, 4) is 0 Å². The number of hydrogen-bond donors (Lipinski definition) is 2. The average molecular weight is 402 g/mol. The topological polar surface area (TPSA) is 137 Å². The Kier molecular flexibility index (Phi) is 7.98. The van der Waals surface area contributed by atoms with Gasteiger partial charge in [0.1, 0.15) is 11.3 Å². The van der Waals surface area contributed by atoms with Crippen LogP contribution in [-0.4, -0.2) is 41.6 Å². The van der Waals surface area contributed by atoms with Crippen molar-refractivity contribution in [2.75, 3.05) is 18.5 Å². The van der Waals surface area contributed by atoms with Crippen LogP contribution in [0.5, 0.6) is 0 Å². The van der Waals surface area contributed by atoms with E-state index in [0.29, 0.717) is 0 Å². The number of amides is 2. The van der Waals surface area contributed by atoms with E-state index in [4.69, 9.17) is 21.1 Å². The van der Waals surface area contributed by atoms with Gasteiger partial charge in [-0.2, -0.15) is 0 Å². The average Bonchev–Trinajstić information content (AvgIpc) is 2.52. The summed E-state index contributed by atoms with van der Waals surface area (Å²) in [5.74, 6) is -1.49. The minimum absolute atomic E-state index is 0.0297. The molecular weight excluding hydrogens is 382 g/mol. The number of nitrogens with zero attached hydrogens (tertiary/aromatic N) is 1. The van der Waals surface area contributed by atoms with E-state index in [0.717, 1.165) is 6.07 Å². The lowest BCUT2D eigenvalue weighted by molar-refractivity contribution is -0.383. The van der Waals surface area contributed by atoms with Gasteiger partial charge in [0.15, 0.2) is 6.61 Å². The highest BCUT2D eigenvalue weighted by Gasteiger charge is 2.18. The lowest BCUT2D eigenvalue weighted by atomic mass is 10.2. The minimum Gasteiger partial charge on any atom is -0.456 e. The molecule has 0 fully saturated rings. The number of esters is 1. The third-order valence-corrected chi connectivity index (χ3v) is 3.03. The van der Waals surface area contributed by atoms with E-state index in [1.807, 2.05) is 0 Å². The molecular formula is C16H20ClN3O7. The highest BCUT2D eigenvalue weighted by molar-refractivity contribution is 6.31. The molecule has 27 heavy (non-hydrogen) atoms. The summed E-state index contributed by atoms with van der Waals surface area (Å²) >= 11 is 5.68. The summed E-state index contributed by atoms with van der Waals surface area (Å²) in [5, 5.41) is 15.7. The van der Waals surface area contributed by atoms with Crippen molar-refractivity contribution in [2.24, 2.45) is 0 Å². The summed E-state index contributed by atoms with van der Waals surface area (Å²) in [6.07, 6.45) is -0.851. The molecule has 2 N–H and O–H groups in total. The Morgan fingerprint density at radius 3 is 2.52 bits per heavy atom. The quantitative estimate of drug-likeness (QED) is 0.407. The second kappa shape index (κ2) is 9.72. The number of halogens is 1. The standard InChI is InChI=1S/C16H20ClN3O7/c1-16(2,3)27-15(23)18-7-6-14(22)26-9-13(21)19-11-5-4-10(17)8-12(11)20(24)25/h4-5,8H,6-7,9H2,1-3H3,(H,18,23)(H,19,21). The van der Waals surface area contributed by atoms with Gasteiger partial charge in [-0.05, 0) is 32.9 Å². The van der Waals surface area contributed by atoms with E-state index in [-0.39, 0.29) is 29.4 Å². The number of nitro groups is 1. The van der Waals surface area contributed by atoms with Crippen LogP contribution in [0, 0.1) is 10.1 Å². The third-order valence-electron chi connectivity index (χ3n) is 2.79. The van der Waals surface area contributed by atoms with Crippen molar-refractivity contribution in [3.05, 3.63) is 33.3 Å². The molecule has 0 spiro atoms. The number of nitrogens with one attached hydrogen (secondary N) is 2. The number of alkyl carbamates (subject to hydrolysis) is 1. The van der Waals surface area contributed by atoms with Gasteiger partial charge in [-0.1, -0.05) is 11.6 Å². The molecule has 0 radical (unpaired) electrons. The monoisotopic (exact) mass is 401 g/mol. The van der Waals surface area contributed by atoms with E-state index in [2.05, 4.69) is 10.6 Å². The highest BCUT2D eigenvalue weighted by Crippen LogP contribution is 2.27. The normalized spacial score (nSPS) is 10.7. The molecule has 0 aliphatic rings. The summed E-state index contributed by atoms with van der Waals surface area (Å²) in [5.41, 5.74) is -1.12. The van der Waals surface area contributed by atoms with Crippen LogP contribution in [0.3, 0.4) is 0 Å². The van der Waals surface area contributed by atoms with Crippen molar-refractivity contribution < 1.29 is 28.8 Å². The first-order valence-corrected chi connectivity index (χ1v) is 8.22. The summed E-state index contributed by atoms with van der Waals surface area (Å²) < 4.78 is 9.74. The number of rotatable bonds is 7. The van der Waals surface area contributed by atoms with E-state index in [1.54, 1.807) is 20.8 Å². The lowest BCUT2D eigenvalue weighted by Crippen LogP contribution is -2.34. The SMILES string of the molecule is CC(C)(C)OC(=O)NCCC(=O)OCC(=O)Nc1ccc(Cl)cc1[N+](=O)[O-]. The Hall–Kier alpha value is -2.88. The molecule has 0 saturated heterocycles. The highest BCUT2D eigenvalue weighted by atomic mass is 35.5. The Morgan fingerprint density at radius 1 is 1.26 bits per heavy atom. The second-order valence-corrected chi connectivity index (χ2v) is 6.74. The molecule has 0 saturated carbocycles. The molecule has 0 aliphatic carbocycles. The van der Waals surface area contributed by atoms with E-state index < -0.39 is 35.1 Å². The number of benzene rings is 1. The molecule has 0 unspecified atom stereocenters. The fourth-order valence-corrected chi connectivity index (χ4v) is 1.91. The van der Waals surface area contributed by atoms with Crippen LogP contribution in [0.25, 0.3) is 0 Å². The minimum atomic E-state index is -0.756. The van der Waals surface area contributed by atoms with Gasteiger partial charge in [0.05, 0.1) is 11.3 Å². The van der Waals surface area contributed by atoms with Crippen LogP contribution in [0.1, 0.15) is 27.2 Å². The molecule has 11 heteroatoms. The molecule has 0 aromatic heterocycles. The molecule has 1 aromatic carbocycles. The van der Waals surface area contributed by atoms with E-state index in [9.17, 15) is 24.5 Å². The van der Waals surface area contributed by atoms with Gasteiger partial charge in [0, 0.05) is 17.6 Å². The van der Waals surface area contributed by atoms with Gasteiger partial charge < -0.3 is 20.1 Å². The molecule has 1 aromatic rings. The summed E-state index contributed by atoms with van der Waals surface area (Å²) in [7, 11) is 0. The Morgan fingerprint density at radius 2 is 1.93 bits per heavy atom. The van der Waals surface area contributed by atoms with Gasteiger partial charge in [-0.25, -0.2) is 4.79 Å². The van der Waals surface area contributed by atoms with Gasteiger partial charge in [-0.15, -0.1) is 0 Å². The molecule has 148 valence electrons. The van der Waals surface area contributed by atoms with Crippen molar-refractivity contribution in [2.45, 2.75) is 32.8 Å². The summed E-state index contributed by atoms with van der Waals surface area (Å²) in [4.78, 5) is 45.0. The number of ether oxygens (including phenoxy) is 2. The maximum Gasteiger partial charge on any atom is 0.407 e. The number of anilines is 1. The van der Waals surface area contributed by atoms with Crippen LogP contribution in [-0.2, 0) is 19.1 Å². The second-order valence-electron chi connectivity index (χ2n) is 6.31. The number of hydrogen-bond acceptors (Lipinski definition) is 7. The van der Waals surface area contributed by atoms with Crippen LogP contribution in [0.4, 0.5) is 16.2 Å².